The van der Waals surface area contributed by atoms with Crippen LogP contribution < -0.4 is 24.6 Å². The lowest BCUT2D eigenvalue weighted by molar-refractivity contribution is 0.0527. The molecule has 12 heteroatoms. The number of anilines is 3. The average Bonchev–Trinajstić information content (AvgIpc) is 3.53. The standard InChI is InChI=1S/C28H37N5O6S/c1-19-18-33(12-15-38-19)26-25-20(4-14-39-25)16-23(30-26)27(35)31-22-3-2-21(40(36,37)29-9-13-34)17-24(22)32-10-7-28(5-6-28)8-11-32/h2-3,16-17,19,29,34H,4-15,18H2,1H3,(H,31,35)/t19-/m1/s1. The number of amides is 1. The minimum atomic E-state index is -3.81. The van der Waals surface area contributed by atoms with Gasteiger partial charge in [-0.15, -0.1) is 0 Å². The molecule has 1 aliphatic carbocycles. The number of hydrogen-bond acceptors (Lipinski definition) is 9. The number of morpholine rings is 1. The molecule has 216 valence electrons. The Balaban J connectivity index is 1.30. The van der Waals surface area contributed by atoms with E-state index in [1.165, 1.54) is 18.9 Å². The number of carbonyl (C=O) groups excluding carboxylic acids is 1. The van der Waals surface area contributed by atoms with Crippen molar-refractivity contribution in [3.63, 3.8) is 0 Å². The van der Waals surface area contributed by atoms with Gasteiger partial charge < -0.3 is 29.7 Å². The van der Waals surface area contributed by atoms with Crippen LogP contribution >= 0.6 is 0 Å². The molecule has 4 heterocycles. The van der Waals surface area contributed by atoms with E-state index in [9.17, 15) is 13.2 Å². The molecule has 3 aliphatic heterocycles. The van der Waals surface area contributed by atoms with Gasteiger partial charge in [0.05, 0.1) is 42.2 Å². The number of aromatic nitrogens is 1. The van der Waals surface area contributed by atoms with Crippen molar-refractivity contribution in [1.82, 2.24) is 9.71 Å². The molecule has 11 nitrogen and oxygen atoms in total. The first-order valence-electron chi connectivity index (χ1n) is 14.1. The Morgan fingerprint density at radius 2 is 1.93 bits per heavy atom. The summed E-state index contributed by atoms with van der Waals surface area (Å²) in [5, 5.41) is 12.1. The van der Waals surface area contributed by atoms with E-state index in [0.29, 0.717) is 61.0 Å². The summed E-state index contributed by atoms with van der Waals surface area (Å²) in [7, 11) is -3.81. The van der Waals surface area contributed by atoms with Gasteiger partial charge in [-0.05, 0) is 62.3 Å². The monoisotopic (exact) mass is 571 g/mol. The number of carbonyl (C=O) groups is 1. The zero-order chi connectivity index (χ0) is 27.9. The van der Waals surface area contributed by atoms with Gasteiger partial charge in [0.25, 0.3) is 5.91 Å². The second kappa shape index (κ2) is 10.8. The number of nitrogens with one attached hydrogen (secondary N) is 2. The van der Waals surface area contributed by atoms with Crippen LogP contribution in [-0.2, 0) is 21.2 Å². The lowest BCUT2D eigenvalue weighted by Crippen LogP contribution is -2.41. The maximum Gasteiger partial charge on any atom is 0.274 e. The molecule has 0 bridgehead atoms. The SMILES string of the molecule is C[C@@H]1CN(c2nc(C(=O)Nc3ccc(S(=O)(=O)NCCO)cc3N3CCC4(CC3)CC4)cc3c2OCC3)CCO1. The van der Waals surface area contributed by atoms with Crippen molar-refractivity contribution in [3.05, 3.63) is 35.5 Å². The van der Waals surface area contributed by atoms with Crippen molar-refractivity contribution in [2.75, 3.05) is 67.7 Å². The largest absolute Gasteiger partial charge is 0.489 e. The highest BCUT2D eigenvalue weighted by Gasteiger charge is 2.44. The summed E-state index contributed by atoms with van der Waals surface area (Å²) in [6.07, 6.45) is 5.36. The fourth-order valence-electron chi connectivity index (χ4n) is 5.91. The van der Waals surface area contributed by atoms with Crippen molar-refractivity contribution >= 4 is 33.1 Å². The predicted octanol–water partition coefficient (Wildman–Crippen LogP) is 2.14. The molecular formula is C28H37N5O6S. The van der Waals surface area contributed by atoms with Gasteiger partial charge in [-0.1, -0.05) is 0 Å². The van der Waals surface area contributed by atoms with Gasteiger partial charge in [0.1, 0.15) is 5.69 Å². The predicted molar refractivity (Wildman–Crippen MR) is 151 cm³/mol. The van der Waals surface area contributed by atoms with Crippen LogP contribution in [0.2, 0.25) is 0 Å². The molecule has 0 unspecified atom stereocenters. The molecule has 3 N–H and O–H groups in total. The zero-order valence-electron chi connectivity index (χ0n) is 22.8. The van der Waals surface area contributed by atoms with Crippen molar-refractivity contribution in [2.24, 2.45) is 5.41 Å². The maximum atomic E-state index is 13.7. The van der Waals surface area contributed by atoms with Gasteiger partial charge in [-0.3, -0.25) is 4.79 Å². The summed E-state index contributed by atoms with van der Waals surface area (Å²) in [4.78, 5) is 22.8. The van der Waals surface area contributed by atoms with E-state index in [4.69, 9.17) is 19.6 Å². The van der Waals surface area contributed by atoms with Crippen LogP contribution in [0.1, 0.15) is 48.7 Å². The fraction of sp³-hybridized carbons (Fsp3) is 0.571. The molecule has 1 aromatic heterocycles. The van der Waals surface area contributed by atoms with E-state index >= 15 is 0 Å². The lowest BCUT2D eigenvalue weighted by atomic mass is 9.93. The van der Waals surface area contributed by atoms with Gasteiger partial charge >= 0.3 is 0 Å². The number of benzene rings is 1. The fourth-order valence-corrected chi connectivity index (χ4v) is 6.95. The van der Waals surface area contributed by atoms with Crippen molar-refractivity contribution in [1.29, 1.82) is 0 Å². The second-order valence-electron chi connectivity index (χ2n) is 11.3. The molecule has 1 saturated carbocycles. The molecule has 6 rings (SSSR count). The number of sulfonamides is 1. The molecule has 1 atom stereocenters. The van der Waals surface area contributed by atoms with Crippen molar-refractivity contribution in [3.8, 4) is 5.75 Å². The molecular weight excluding hydrogens is 534 g/mol. The normalized spacial score (nSPS) is 21.7. The van der Waals surface area contributed by atoms with E-state index in [0.717, 1.165) is 37.2 Å². The van der Waals surface area contributed by atoms with Crippen LogP contribution in [0.3, 0.4) is 0 Å². The first-order valence-corrected chi connectivity index (χ1v) is 15.6. The Hall–Kier alpha value is -2.93. The Morgan fingerprint density at radius 3 is 2.65 bits per heavy atom. The quantitative estimate of drug-likeness (QED) is 0.436. The maximum absolute atomic E-state index is 13.7. The van der Waals surface area contributed by atoms with Crippen LogP contribution in [0.4, 0.5) is 17.2 Å². The van der Waals surface area contributed by atoms with E-state index in [2.05, 4.69) is 19.8 Å². The average molecular weight is 572 g/mol. The number of fused-ring (bicyclic) bond motifs is 1. The van der Waals surface area contributed by atoms with Crippen LogP contribution in [0, 0.1) is 5.41 Å². The summed E-state index contributed by atoms with van der Waals surface area (Å²) in [5.74, 6) is 1.04. The van der Waals surface area contributed by atoms with E-state index in [1.807, 2.05) is 6.92 Å². The third-order valence-electron chi connectivity index (χ3n) is 8.48. The topological polar surface area (TPSA) is 133 Å². The summed E-state index contributed by atoms with van der Waals surface area (Å²) in [6.45, 7) is 5.70. The van der Waals surface area contributed by atoms with Crippen LogP contribution in [0.15, 0.2) is 29.2 Å². The molecule has 1 spiro atoms. The molecule has 1 amide bonds. The second-order valence-corrected chi connectivity index (χ2v) is 13.1. The Kier molecular flexibility index (Phi) is 7.36. The smallest absolute Gasteiger partial charge is 0.274 e. The van der Waals surface area contributed by atoms with Crippen LogP contribution in [0.25, 0.3) is 0 Å². The first-order chi connectivity index (χ1) is 19.3. The van der Waals surface area contributed by atoms with Crippen molar-refractivity contribution in [2.45, 2.75) is 50.0 Å². The highest BCUT2D eigenvalue weighted by atomic mass is 32.2. The highest BCUT2D eigenvalue weighted by Crippen LogP contribution is 2.54. The number of pyridine rings is 1. The molecule has 1 aromatic carbocycles. The summed E-state index contributed by atoms with van der Waals surface area (Å²) >= 11 is 0. The molecule has 2 saturated heterocycles. The number of nitrogens with zero attached hydrogens (tertiary/aromatic N) is 3. The summed E-state index contributed by atoms with van der Waals surface area (Å²) in [6, 6.07) is 6.53. The summed E-state index contributed by atoms with van der Waals surface area (Å²) < 4.78 is 39.7. The molecule has 40 heavy (non-hydrogen) atoms. The number of piperidine rings is 1. The third kappa shape index (κ3) is 5.50. The number of hydrogen-bond donors (Lipinski definition) is 3. The Labute approximate surface area is 234 Å². The number of aliphatic hydroxyl groups excluding tert-OH is 1. The van der Waals surface area contributed by atoms with Gasteiger partial charge in [-0.2, -0.15) is 0 Å². The van der Waals surface area contributed by atoms with Crippen LogP contribution in [0.5, 0.6) is 5.75 Å². The first kappa shape index (κ1) is 27.3. The van der Waals surface area contributed by atoms with Gasteiger partial charge in [0, 0.05) is 44.7 Å². The van der Waals surface area contributed by atoms with E-state index in [1.54, 1.807) is 18.2 Å². The lowest BCUT2D eigenvalue weighted by Gasteiger charge is -2.35. The minimum absolute atomic E-state index is 0.0497. The van der Waals surface area contributed by atoms with E-state index in [-0.39, 0.29) is 30.1 Å². The van der Waals surface area contributed by atoms with Crippen LogP contribution in [-0.4, -0.2) is 83.1 Å². The number of aliphatic hydroxyl groups is 1. The molecule has 4 aliphatic rings. The molecule has 2 aromatic rings. The van der Waals surface area contributed by atoms with Gasteiger partial charge in [0.15, 0.2) is 11.6 Å². The minimum Gasteiger partial charge on any atom is -0.489 e. The Morgan fingerprint density at radius 1 is 1.12 bits per heavy atom. The van der Waals surface area contributed by atoms with Gasteiger partial charge in [-0.25, -0.2) is 18.1 Å². The number of ether oxygens (including phenoxy) is 2. The number of rotatable bonds is 8. The third-order valence-corrected chi connectivity index (χ3v) is 9.94. The zero-order valence-corrected chi connectivity index (χ0v) is 23.6. The van der Waals surface area contributed by atoms with Crippen molar-refractivity contribution < 1.29 is 27.8 Å². The molecule has 3 fully saturated rings. The molecule has 0 radical (unpaired) electrons. The van der Waals surface area contributed by atoms with E-state index < -0.39 is 10.0 Å². The highest BCUT2D eigenvalue weighted by molar-refractivity contribution is 7.89. The Bertz CT molecular complexity index is 1390. The van der Waals surface area contributed by atoms with Gasteiger partial charge in [0.2, 0.25) is 10.0 Å². The summed E-state index contributed by atoms with van der Waals surface area (Å²) in [5.41, 5.74) is 2.90.